The highest BCUT2D eigenvalue weighted by molar-refractivity contribution is 7.67. The van der Waals surface area contributed by atoms with Gasteiger partial charge < -0.3 is 0 Å². The van der Waals surface area contributed by atoms with Crippen LogP contribution in [0.4, 0.5) is 0 Å². The lowest BCUT2D eigenvalue weighted by Gasteiger charge is -2.13. The van der Waals surface area contributed by atoms with Gasteiger partial charge in [-0.2, -0.15) is 0 Å². The van der Waals surface area contributed by atoms with Crippen LogP contribution in [0.15, 0.2) is 0 Å². The molecule has 1 aliphatic rings. The van der Waals surface area contributed by atoms with E-state index in [-0.39, 0.29) is 10.8 Å². The van der Waals surface area contributed by atoms with Crippen LogP contribution in [0.1, 0.15) is 26.2 Å². The maximum absolute atomic E-state index is 10.6. The number of hydrogen-bond acceptors (Lipinski definition) is 5. The first-order chi connectivity index (χ1) is 6.44. The van der Waals surface area contributed by atoms with E-state index in [4.69, 9.17) is 0 Å². The molecule has 1 saturated carbocycles. The lowest BCUT2D eigenvalue weighted by atomic mass is 10.0. The second-order valence-electron chi connectivity index (χ2n) is 3.72. The molecule has 0 aromatic carbocycles. The molecule has 0 N–H and O–H groups in total. The first-order valence-electron chi connectivity index (χ1n) is 4.23. The summed E-state index contributed by atoms with van der Waals surface area (Å²) in [5.74, 6) is -0.140. The molecule has 14 heavy (non-hydrogen) atoms. The van der Waals surface area contributed by atoms with Crippen molar-refractivity contribution in [2.75, 3.05) is 0 Å². The zero-order chi connectivity index (χ0) is 10.8. The number of hydrogen-bond donors (Lipinski definition) is 1. The van der Waals surface area contributed by atoms with Crippen molar-refractivity contribution in [2.24, 2.45) is 5.92 Å². The van der Waals surface area contributed by atoms with Gasteiger partial charge in [-0.25, -0.2) is 8.42 Å². The fraction of sp³-hybridized carbons (Fsp3) is 0.857. The zero-order valence-corrected chi connectivity index (χ0v) is 8.61. The van der Waals surface area contributed by atoms with Crippen LogP contribution in [0.2, 0.25) is 0 Å². The summed E-state index contributed by atoms with van der Waals surface area (Å²) in [4.78, 5) is 10.3. The third-order valence-corrected chi connectivity index (χ3v) is 2.83. The van der Waals surface area contributed by atoms with Crippen LogP contribution < -0.4 is 0 Å². The molecule has 7 heteroatoms. The van der Waals surface area contributed by atoms with Crippen LogP contribution in [0.5, 0.6) is 0 Å². The molecule has 1 radical (unpaired) electrons. The lowest BCUT2D eigenvalue weighted by molar-refractivity contribution is -0.563. The van der Waals surface area contributed by atoms with Crippen LogP contribution in [0, 0.1) is 22.6 Å². The molecule has 0 spiro atoms. The number of nitrogens with zero attached hydrogens (tertiary/aromatic N) is 1. The van der Waals surface area contributed by atoms with E-state index in [2.05, 4.69) is 4.18 Å². The van der Waals surface area contributed by atoms with Crippen LogP contribution in [-0.4, -0.2) is 18.9 Å². The third kappa shape index (κ3) is 2.65. The Balaban J connectivity index is 2.45. The van der Waals surface area contributed by atoms with Gasteiger partial charge in [0.05, 0.1) is 0 Å². The van der Waals surface area contributed by atoms with Crippen LogP contribution in [0.3, 0.4) is 0 Å². The quantitative estimate of drug-likeness (QED) is 0.426. The normalized spacial score (nSPS) is 32.3. The van der Waals surface area contributed by atoms with Crippen molar-refractivity contribution in [1.82, 2.24) is 0 Å². The fourth-order valence-electron chi connectivity index (χ4n) is 1.68. The van der Waals surface area contributed by atoms with Gasteiger partial charge in [0.2, 0.25) is 5.54 Å². The van der Waals surface area contributed by atoms with Crippen LogP contribution in [-0.2, 0) is 15.2 Å². The molecule has 0 aliphatic heterocycles. The number of nitro groups is 1. The van der Waals surface area contributed by atoms with Crippen molar-refractivity contribution >= 4 is 11.0 Å². The minimum atomic E-state index is -2.89. The summed E-state index contributed by atoms with van der Waals surface area (Å²) in [7, 11) is -2.89. The van der Waals surface area contributed by atoms with Gasteiger partial charge in [-0.05, 0) is 12.3 Å². The molecule has 0 aromatic rings. The van der Waals surface area contributed by atoms with Crippen molar-refractivity contribution in [3.8, 4) is 0 Å². The molecule has 0 aromatic heterocycles. The van der Waals surface area contributed by atoms with Crippen LogP contribution >= 0.6 is 0 Å². The van der Waals surface area contributed by atoms with Crippen molar-refractivity contribution in [3.63, 3.8) is 0 Å². The van der Waals surface area contributed by atoms with Gasteiger partial charge in [-0.1, -0.05) is 0 Å². The lowest BCUT2D eigenvalue weighted by Crippen LogP contribution is -2.31. The molecule has 2 atom stereocenters. The molecule has 1 aliphatic carbocycles. The summed E-state index contributed by atoms with van der Waals surface area (Å²) in [5, 5.41) is 10.6. The standard InChI is InChI=1S/C7H12NO5S/c1-7(8(9)10)3-2-6(4-7)5-13-14(11)12/h5-6,14H,2-4H2,1H3. The topological polar surface area (TPSA) is 86.5 Å². The summed E-state index contributed by atoms with van der Waals surface area (Å²) in [5.41, 5.74) is -0.931. The Bertz CT molecular complexity index is 294. The highest BCUT2D eigenvalue weighted by atomic mass is 32.2. The van der Waals surface area contributed by atoms with E-state index in [9.17, 15) is 18.5 Å². The minimum absolute atomic E-state index is 0.140. The monoisotopic (exact) mass is 222 g/mol. The Hall–Kier alpha value is -0.690. The van der Waals surface area contributed by atoms with Gasteiger partial charge in [-0.3, -0.25) is 14.3 Å². The molecule has 0 saturated heterocycles. The summed E-state index contributed by atoms with van der Waals surface area (Å²) < 4.78 is 24.5. The van der Waals surface area contributed by atoms with Gasteiger partial charge in [0, 0.05) is 24.7 Å². The Morgan fingerprint density at radius 2 is 2.29 bits per heavy atom. The summed E-state index contributed by atoms with van der Waals surface area (Å²) in [6.45, 7) is 2.75. The van der Waals surface area contributed by atoms with Crippen molar-refractivity contribution in [2.45, 2.75) is 31.7 Å². The Morgan fingerprint density at radius 3 is 2.71 bits per heavy atom. The van der Waals surface area contributed by atoms with E-state index in [0.717, 1.165) is 0 Å². The smallest absolute Gasteiger partial charge is 0.257 e. The van der Waals surface area contributed by atoms with Crippen molar-refractivity contribution in [1.29, 1.82) is 0 Å². The predicted octanol–water partition coefficient (Wildman–Crippen LogP) is 0.527. The molecule has 0 amide bonds. The molecule has 0 heterocycles. The van der Waals surface area contributed by atoms with E-state index in [1.165, 1.54) is 6.61 Å². The summed E-state index contributed by atoms with van der Waals surface area (Å²) >= 11 is 0. The average molecular weight is 222 g/mol. The van der Waals surface area contributed by atoms with Gasteiger partial charge >= 0.3 is 0 Å². The van der Waals surface area contributed by atoms with Gasteiger partial charge in [0.1, 0.15) is 6.61 Å². The van der Waals surface area contributed by atoms with E-state index in [1.54, 1.807) is 6.92 Å². The van der Waals surface area contributed by atoms with Crippen LogP contribution in [0.25, 0.3) is 0 Å². The highest BCUT2D eigenvalue weighted by Crippen LogP contribution is 2.37. The predicted molar refractivity (Wildman–Crippen MR) is 48.4 cm³/mol. The third-order valence-electron chi connectivity index (χ3n) is 2.54. The molecule has 1 fully saturated rings. The SMILES string of the molecule is CC1([N+](=O)[O-])CCC([CH]O[SH](=O)=O)C1. The summed E-state index contributed by atoms with van der Waals surface area (Å²) in [6, 6.07) is 0. The minimum Gasteiger partial charge on any atom is -0.266 e. The van der Waals surface area contributed by atoms with Gasteiger partial charge in [0.15, 0.2) is 0 Å². The Kier molecular flexibility index (Phi) is 3.43. The molecular formula is C7H12NO5S. The van der Waals surface area contributed by atoms with Gasteiger partial charge in [0.25, 0.3) is 11.0 Å². The molecular weight excluding hydrogens is 210 g/mol. The molecule has 1 rings (SSSR count). The fourth-order valence-corrected chi connectivity index (χ4v) is 1.95. The highest BCUT2D eigenvalue weighted by Gasteiger charge is 2.45. The molecule has 81 valence electrons. The maximum atomic E-state index is 10.6. The van der Waals surface area contributed by atoms with E-state index in [0.29, 0.717) is 19.3 Å². The molecule has 2 unspecified atom stereocenters. The number of thiol groups is 1. The molecule has 0 bridgehead atoms. The first kappa shape index (κ1) is 11.4. The second-order valence-corrected chi connectivity index (χ2v) is 4.38. The number of rotatable bonds is 4. The van der Waals surface area contributed by atoms with Gasteiger partial charge in [-0.15, -0.1) is 0 Å². The molecule has 6 nitrogen and oxygen atoms in total. The van der Waals surface area contributed by atoms with E-state index < -0.39 is 16.5 Å². The van der Waals surface area contributed by atoms with E-state index in [1.807, 2.05) is 0 Å². The summed E-state index contributed by atoms with van der Waals surface area (Å²) in [6.07, 6.45) is 1.39. The maximum Gasteiger partial charge on any atom is 0.257 e. The Labute approximate surface area is 83.6 Å². The average Bonchev–Trinajstić information content (AvgIpc) is 2.45. The van der Waals surface area contributed by atoms with Crippen molar-refractivity contribution in [3.05, 3.63) is 16.7 Å². The van der Waals surface area contributed by atoms with Crippen molar-refractivity contribution < 1.29 is 17.5 Å². The first-order valence-corrected chi connectivity index (χ1v) is 5.32. The second kappa shape index (κ2) is 4.22. The largest absolute Gasteiger partial charge is 0.266 e. The van der Waals surface area contributed by atoms with E-state index >= 15 is 0 Å². The zero-order valence-electron chi connectivity index (χ0n) is 7.71. The Morgan fingerprint density at radius 1 is 1.64 bits per heavy atom.